The first-order chi connectivity index (χ1) is 18.0. The van der Waals surface area contributed by atoms with Gasteiger partial charge in [0.05, 0.1) is 11.1 Å². The van der Waals surface area contributed by atoms with Crippen molar-refractivity contribution >= 4 is 0 Å². The Kier molecular flexibility index (Phi) is 6.93. The molecule has 2 nitrogen and oxygen atoms in total. The molecule has 0 saturated heterocycles. The number of halogens is 8. The second-order valence-electron chi connectivity index (χ2n) is 8.29. The van der Waals surface area contributed by atoms with E-state index in [1.54, 1.807) is 0 Å². The third-order valence-corrected chi connectivity index (χ3v) is 6.01. The van der Waals surface area contributed by atoms with E-state index in [1.165, 1.54) is 19.1 Å². The highest BCUT2D eigenvalue weighted by molar-refractivity contribution is 5.68. The van der Waals surface area contributed by atoms with Crippen LogP contribution in [0.4, 0.5) is 35.1 Å². The van der Waals surface area contributed by atoms with Crippen molar-refractivity contribution in [2.45, 2.75) is 12.8 Å². The summed E-state index contributed by atoms with van der Waals surface area (Å²) < 4.78 is 116. The SMILES string of the molecule is CC(c1cc(F)c(-c2cc(F)c(C#N)c(F)c2)c(F)c1)c1cc(F)c(-c2cc(F)c(C#N)c(F)c2)c(F)c1. The average Bonchev–Trinajstić information content (AvgIpc) is 2.82. The van der Waals surface area contributed by atoms with Crippen molar-refractivity contribution in [1.29, 1.82) is 10.5 Å². The molecule has 4 rings (SSSR count). The fraction of sp³-hybridized carbons (Fsp3) is 0.0714. The van der Waals surface area contributed by atoms with Crippen molar-refractivity contribution in [2.75, 3.05) is 0 Å². The van der Waals surface area contributed by atoms with Crippen LogP contribution in [-0.2, 0) is 0 Å². The summed E-state index contributed by atoms with van der Waals surface area (Å²) in [6.45, 7) is 1.38. The molecule has 0 bridgehead atoms. The molecule has 0 N–H and O–H groups in total. The van der Waals surface area contributed by atoms with Crippen LogP contribution < -0.4 is 0 Å². The molecular weight excluding hydrogens is 516 g/mol. The molecule has 10 heteroatoms. The van der Waals surface area contributed by atoms with Crippen LogP contribution in [0.15, 0.2) is 48.5 Å². The second-order valence-corrected chi connectivity index (χ2v) is 8.29. The Morgan fingerprint density at radius 1 is 0.474 bits per heavy atom. The molecule has 0 radical (unpaired) electrons. The van der Waals surface area contributed by atoms with Gasteiger partial charge in [0.2, 0.25) is 0 Å². The van der Waals surface area contributed by atoms with Crippen molar-refractivity contribution in [3.8, 4) is 34.4 Å². The summed E-state index contributed by atoms with van der Waals surface area (Å²) in [6, 6.07) is 8.31. The van der Waals surface area contributed by atoms with Gasteiger partial charge in [0.15, 0.2) is 0 Å². The van der Waals surface area contributed by atoms with E-state index in [4.69, 9.17) is 10.5 Å². The molecule has 0 saturated carbocycles. The molecule has 0 aromatic heterocycles. The van der Waals surface area contributed by atoms with E-state index in [2.05, 4.69) is 0 Å². The fourth-order valence-corrected chi connectivity index (χ4v) is 4.08. The van der Waals surface area contributed by atoms with Gasteiger partial charge in [0.25, 0.3) is 0 Å². The molecule has 0 heterocycles. The van der Waals surface area contributed by atoms with Crippen LogP contribution in [-0.4, -0.2) is 0 Å². The maximum Gasteiger partial charge on any atom is 0.144 e. The summed E-state index contributed by atoms with van der Waals surface area (Å²) in [7, 11) is 0. The quantitative estimate of drug-likeness (QED) is 0.252. The number of hydrogen-bond donors (Lipinski definition) is 0. The fourth-order valence-electron chi connectivity index (χ4n) is 4.08. The third-order valence-electron chi connectivity index (χ3n) is 6.01. The van der Waals surface area contributed by atoms with Gasteiger partial charge in [-0.25, -0.2) is 35.1 Å². The molecule has 190 valence electrons. The normalized spacial score (nSPS) is 10.9. The monoisotopic (exact) mass is 528 g/mol. The molecule has 0 aliphatic rings. The van der Waals surface area contributed by atoms with Crippen LogP contribution in [0.3, 0.4) is 0 Å². The highest BCUT2D eigenvalue weighted by Crippen LogP contribution is 2.36. The van der Waals surface area contributed by atoms with Gasteiger partial charge in [0, 0.05) is 5.92 Å². The van der Waals surface area contributed by atoms with E-state index in [9.17, 15) is 35.1 Å². The average molecular weight is 528 g/mol. The van der Waals surface area contributed by atoms with Crippen molar-refractivity contribution in [1.82, 2.24) is 0 Å². The van der Waals surface area contributed by atoms with Crippen molar-refractivity contribution in [3.63, 3.8) is 0 Å². The maximum atomic E-state index is 14.9. The molecule has 0 fully saturated rings. The van der Waals surface area contributed by atoms with Gasteiger partial charge in [-0.05, 0) is 70.8 Å². The molecule has 0 aliphatic heterocycles. The van der Waals surface area contributed by atoms with E-state index in [1.807, 2.05) is 0 Å². The van der Waals surface area contributed by atoms with Crippen LogP contribution in [0.25, 0.3) is 22.3 Å². The van der Waals surface area contributed by atoms with Gasteiger partial charge in [-0.3, -0.25) is 0 Å². The van der Waals surface area contributed by atoms with Gasteiger partial charge in [-0.1, -0.05) is 6.92 Å². The molecule has 4 aromatic carbocycles. The van der Waals surface area contributed by atoms with E-state index in [0.717, 1.165) is 24.3 Å². The van der Waals surface area contributed by atoms with E-state index in [-0.39, 0.29) is 11.1 Å². The number of nitriles is 2. The zero-order valence-corrected chi connectivity index (χ0v) is 19.1. The lowest BCUT2D eigenvalue weighted by Gasteiger charge is -2.17. The molecule has 4 aromatic rings. The second kappa shape index (κ2) is 9.98. The zero-order valence-electron chi connectivity index (χ0n) is 19.1. The minimum absolute atomic E-state index is 0.0830. The first-order valence-corrected chi connectivity index (χ1v) is 10.7. The van der Waals surface area contributed by atoms with Gasteiger partial charge < -0.3 is 0 Å². The largest absolute Gasteiger partial charge is 0.206 e. The molecule has 0 atom stereocenters. The van der Waals surface area contributed by atoms with Crippen molar-refractivity contribution in [2.24, 2.45) is 0 Å². The van der Waals surface area contributed by atoms with Crippen molar-refractivity contribution in [3.05, 3.63) is 117 Å². The zero-order chi connectivity index (χ0) is 27.9. The maximum absolute atomic E-state index is 14.9. The van der Waals surface area contributed by atoms with Crippen molar-refractivity contribution < 1.29 is 35.1 Å². The summed E-state index contributed by atoms with van der Waals surface area (Å²) in [5.41, 5.74) is -4.56. The number of rotatable bonds is 4. The van der Waals surface area contributed by atoms with Crippen LogP contribution in [0.2, 0.25) is 0 Å². The Hall–Kier alpha value is -4.70. The summed E-state index contributed by atoms with van der Waals surface area (Å²) in [5, 5.41) is 17.5. The highest BCUT2D eigenvalue weighted by Gasteiger charge is 2.23. The lowest BCUT2D eigenvalue weighted by atomic mass is 9.89. The number of hydrogen-bond acceptors (Lipinski definition) is 2. The summed E-state index contributed by atoms with van der Waals surface area (Å²) in [6.07, 6.45) is 0. The van der Waals surface area contributed by atoms with E-state index in [0.29, 0.717) is 24.3 Å². The van der Waals surface area contributed by atoms with Crippen LogP contribution in [0, 0.1) is 69.2 Å². The number of benzene rings is 4. The van der Waals surface area contributed by atoms with Crippen LogP contribution >= 0.6 is 0 Å². The molecule has 0 amide bonds. The Bertz CT molecular complexity index is 1480. The number of nitrogens with zero attached hydrogens (tertiary/aromatic N) is 2. The summed E-state index contributed by atoms with van der Waals surface area (Å²) >= 11 is 0. The summed E-state index contributed by atoms with van der Waals surface area (Å²) in [5.74, 6) is -11.2. The standard InChI is InChI=1S/C28H12F8N2/c1-12(13-2-23(33)27(24(34)3-13)15-6-19(29)17(10-37)20(30)7-15)14-4-25(35)28(26(36)5-14)16-8-21(31)18(11-38)22(32)9-16/h2-9,12H,1H3. The molecule has 0 aliphatic carbocycles. The minimum Gasteiger partial charge on any atom is -0.206 e. The summed E-state index contributed by atoms with van der Waals surface area (Å²) in [4.78, 5) is 0. The van der Waals surface area contributed by atoms with E-state index < -0.39 is 85.8 Å². The van der Waals surface area contributed by atoms with Crippen LogP contribution in [0.1, 0.15) is 35.1 Å². The van der Waals surface area contributed by atoms with E-state index >= 15 is 0 Å². The highest BCUT2D eigenvalue weighted by atomic mass is 19.2. The Morgan fingerprint density at radius 3 is 0.974 bits per heavy atom. The van der Waals surface area contributed by atoms with Gasteiger partial charge in [0.1, 0.15) is 69.8 Å². The predicted octanol–water partition coefficient (Wildman–Crippen LogP) is 8.03. The Morgan fingerprint density at radius 2 is 0.737 bits per heavy atom. The van der Waals surface area contributed by atoms with Crippen LogP contribution in [0.5, 0.6) is 0 Å². The molecule has 0 unspecified atom stereocenters. The topological polar surface area (TPSA) is 47.6 Å². The molecule has 0 spiro atoms. The van der Waals surface area contributed by atoms with Gasteiger partial charge in [-0.15, -0.1) is 0 Å². The lowest BCUT2D eigenvalue weighted by Crippen LogP contribution is -2.04. The minimum atomic E-state index is -1.31. The Balaban J connectivity index is 1.74. The Labute approximate surface area is 210 Å². The first kappa shape index (κ1) is 26.4. The smallest absolute Gasteiger partial charge is 0.144 e. The lowest BCUT2D eigenvalue weighted by molar-refractivity contribution is 0.571. The molecule has 38 heavy (non-hydrogen) atoms. The molecular formula is C28H12F8N2. The first-order valence-electron chi connectivity index (χ1n) is 10.7. The van der Waals surface area contributed by atoms with Gasteiger partial charge >= 0.3 is 0 Å². The van der Waals surface area contributed by atoms with Gasteiger partial charge in [-0.2, -0.15) is 10.5 Å². The predicted molar refractivity (Wildman–Crippen MR) is 120 cm³/mol. The third kappa shape index (κ3) is 4.57.